The molecule has 2 nitrogen and oxygen atoms in total. The number of hydrogen-bond acceptors (Lipinski definition) is 1. The minimum Gasteiger partial charge on any atom is -0.325 e. The van der Waals surface area contributed by atoms with E-state index in [0.29, 0.717) is 5.56 Å². The summed E-state index contributed by atoms with van der Waals surface area (Å²) in [6.45, 7) is 3.87. The minimum atomic E-state index is -0.371. The first-order valence-corrected chi connectivity index (χ1v) is 7.06. The molecule has 2 aromatic carbocycles. The van der Waals surface area contributed by atoms with Crippen molar-refractivity contribution >= 4 is 27.5 Å². The maximum Gasteiger partial charge on any atom is 0.228 e. The summed E-state index contributed by atoms with van der Waals surface area (Å²) >= 11 is 3.28. The molecule has 0 bridgehead atoms. The van der Waals surface area contributed by atoms with Crippen molar-refractivity contribution in [2.75, 3.05) is 5.32 Å². The first kappa shape index (κ1) is 14.7. The summed E-state index contributed by atoms with van der Waals surface area (Å²) in [5.41, 5.74) is 3.16. The van der Waals surface area contributed by atoms with E-state index in [4.69, 9.17) is 0 Å². The third-order valence-electron chi connectivity index (χ3n) is 3.10. The molecule has 0 saturated heterocycles. The number of halogens is 2. The standard InChI is InChI=1S/C16H15BrFNO/c1-10-4-3-5-11(2)16(10)19-15(20)9-12-8-13(17)6-7-14(12)18/h3-8H,9H2,1-2H3,(H,19,20). The number of para-hydroxylation sites is 1. The molecule has 0 spiro atoms. The zero-order valence-electron chi connectivity index (χ0n) is 11.3. The fraction of sp³-hybridized carbons (Fsp3) is 0.188. The summed E-state index contributed by atoms with van der Waals surface area (Å²) in [6.07, 6.45) is 0.0129. The molecule has 4 heteroatoms. The van der Waals surface area contributed by atoms with E-state index in [-0.39, 0.29) is 18.1 Å². The number of anilines is 1. The van der Waals surface area contributed by atoms with E-state index < -0.39 is 0 Å². The van der Waals surface area contributed by atoms with Gasteiger partial charge in [-0.05, 0) is 48.7 Å². The van der Waals surface area contributed by atoms with E-state index >= 15 is 0 Å². The van der Waals surface area contributed by atoms with Crippen molar-refractivity contribution in [1.29, 1.82) is 0 Å². The molecule has 0 heterocycles. The maximum absolute atomic E-state index is 13.6. The lowest BCUT2D eigenvalue weighted by Crippen LogP contribution is -2.16. The van der Waals surface area contributed by atoms with E-state index in [1.807, 2.05) is 32.0 Å². The van der Waals surface area contributed by atoms with E-state index in [1.165, 1.54) is 6.07 Å². The van der Waals surface area contributed by atoms with Gasteiger partial charge in [0.15, 0.2) is 0 Å². The van der Waals surface area contributed by atoms with Crippen molar-refractivity contribution in [2.24, 2.45) is 0 Å². The molecule has 0 atom stereocenters. The molecule has 104 valence electrons. The second-order valence-electron chi connectivity index (χ2n) is 4.73. The molecule has 0 aromatic heterocycles. The quantitative estimate of drug-likeness (QED) is 0.885. The predicted molar refractivity (Wildman–Crippen MR) is 82.3 cm³/mol. The van der Waals surface area contributed by atoms with E-state index in [9.17, 15) is 9.18 Å². The number of amides is 1. The normalized spacial score (nSPS) is 10.4. The van der Waals surface area contributed by atoms with Gasteiger partial charge in [-0.2, -0.15) is 0 Å². The van der Waals surface area contributed by atoms with E-state index in [2.05, 4.69) is 21.2 Å². The number of carbonyl (C=O) groups is 1. The average Bonchev–Trinajstić information content (AvgIpc) is 2.38. The number of carbonyl (C=O) groups excluding carboxylic acids is 1. The first-order chi connectivity index (χ1) is 9.47. The summed E-state index contributed by atoms with van der Waals surface area (Å²) in [5, 5.41) is 2.85. The van der Waals surface area contributed by atoms with Crippen molar-refractivity contribution in [3.05, 3.63) is 63.4 Å². The molecule has 0 saturated carbocycles. The van der Waals surface area contributed by atoms with Gasteiger partial charge in [-0.3, -0.25) is 4.79 Å². The Morgan fingerprint density at radius 3 is 2.50 bits per heavy atom. The minimum absolute atomic E-state index is 0.0129. The topological polar surface area (TPSA) is 29.1 Å². The van der Waals surface area contributed by atoms with Gasteiger partial charge in [0.2, 0.25) is 5.91 Å². The molecule has 2 rings (SSSR count). The van der Waals surface area contributed by atoms with E-state index in [1.54, 1.807) is 12.1 Å². The van der Waals surface area contributed by atoms with Gasteiger partial charge in [-0.25, -0.2) is 4.39 Å². The van der Waals surface area contributed by atoms with Crippen LogP contribution in [0, 0.1) is 19.7 Å². The largest absolute Gasteiger partial charge is 0.325 e. The molecule has 0 unspecified atom stereocenters. The second kappa shape index (κ2) is 6.18. The average molecular weight is 336 g/mol. The lowest BCUT2D eigenvalue weighted by atomic mass is 10.1. The van der Waals surface area contributed by atoms with E-state index in [0.717, 1.165) is 21.3 Å². The van der Waals surface area contributed by atoms with Crippen molar-refractivity contribution in [2.45, 2.75) is 20.3 Å². The third kappa shape index (κ3) is 3.45. The Morgan fingerprint density at radius 2 is 1.85 bits per heavy atom. The summed E-state index contributed by atoms with van der Waals surface area (Å²) in [4.78, 5) is 12.1. The number of rotatable bonds is 3. The summed E-state index contributed by atoms with van der Waals surface area (Å²) in [6, 6.07) is 10.4. The number of hydrogen-bond donors (Lipinski definition) is 1. The fourth-order valence-corrected chi connectivity index (χ4v) is 2.46. The first-order valence-electron chi connectivity index (χ1n) is 6.27. The van der Waals surface area contributed by atoms with Crippen LogP contribution in [0.2, 0.25) is 0 Å². The molecule has 0 aliphatic rings. The number of aryl methyl sites for hydroxylation is 2. The monoisotopic (exact) mass is 335 g/mol. The van der Waals surface area contributed by atoms with Gasteiger partial charge >= 0.3 is 0 Å². The fourth-order valence-electron chi connectivity index (χ4n) is 2.05. The molecule has 2 aromatic rings. The lowest BCUT2D eigenvalue weighted by Gasteiger charge is -2.11. The van der Waals surface area contributed by atoms with Crippen LogP contribution in [0.1, 0.15) is 16.7 Å². The summed E-state index contributed by atoms with van der Waals surface area (Å²) in [5.74, 6) is -0.593. The number of nitrogens with one attached hydrogen (secondary N) is 1. The van der Waals surface area contributed by atoms with Crippen LogP contribution in [0.15, 0.2) is 40.9 Å². The van der Waals surface area contributed by atoms with Crippen LogP contribution >= 0.6 is 15.9 Å². The predicted octanol–water partition coefficient (Wildman–Crippen LogP) is 4.39. The van der Waals surface area contributed by atoms with Crippen LogP contribution < -0.4 is 5.32 Å². The van der Waals surface area contributed by atoms with Gasteiger partial charge in [-0.15, -0.1) is 0 Å². The Bertz CT molecular complexity index is 635. The molecular formula is C16H15BrFNO. The molecular weight excluding hydrogens is 321 g/mol. The Labute approximate surface area is 126 Å². The van der Waals surface area contributed by atoms with Gasteiger partial charge in [0.05, 0.1) is 6.42 Å². The highest BCUT2D eigenvalue weighted by Crippen LogP contribution is 2.21. The third-order valence-corrected chi connectivity index (χ3v) is 3.60. The molecule has 0 radical (unpaired) electrons. The highest BCUT2D eigenvalue weighted by molar-refractivity contribution is 9.10. The molecule has 20 heavy (non-hydrogen) atoms. The Morgan fingerprint density at radius 1 is 1.20 bits per heavy atom. The molecule has 1 amide bonds. The summed E-state index contributed by atoms with van der Waals surface area (Å²) < 4.78 is 14.4. The molecule has 0 aliphatic carbocycles. The van der Waals surface area contributed by atoms with Gasteiger partial charge in [0.1, 0.15) is 5.82 Å². The van der Waals surface area contributed by atoms with Crippen molar-refractivity contribution in [3.63, 3.8) is 0 Å². The highest BCUT2D eigenvalue weighted by Gasteiger charge is 2.11. The Kier molecular flexibility index (Phi) is 4.55. The van der Waals surface area contributed by atoms with Crippen LogP contribution in [0.3, 0.4) is 0 Å². The Hall–Kier alpha value is -1.68. The molecule has 0 aliphatic heterocycles. The zero-order valence-corrected chi connectivity index (χ0v) is 12.9. The van der Waals surface area contributed by atoms with Crippen LogP contribution in [-0.4, -0.2) is 5.91 Å². The van der Waals surface area contributed by atoms with Crippen molar-refractivity contribution in [3.8, 4) is 0 Å². The highest BCUT2D eigenvalue weighted by atomic mass is 79.9. The van der Waals surface area contributed by atoms with Crippen LogP contribution in [0.5, 0.6) is 0 Å². The smallest absolute Gasteiger partial charge is 0.228 e. The molecule has 1 N–H and O–H groups in total. The van der Waals surface area contributed by atoms with Crippen molar-refractivity contribution < 1.29 is 9.18 Å². The van der Waals surface area contributed by atoms with Gasteiger partial charge in [-0.1, -0.05) is 34.1 Å². The van der Waals surface area contributed by atoms with Crippen LogP contribution in [0.25, 0.3) is 0 Å². The molecule has 0 fully saturated rings. The maximum atomic E-state index is 13.6. The zero-order chi connectivity index (χ0) is 14.7. The van der Waals surface area contributed by atoms with Gasteiger partial charge < -0.3 is 5.32 Å². The van der Waals surface area contributed by atoms with Crippen LogP contribution in [0.4, 0.5) is 10.1 Å². The van der Waals surface area contributed by atoms with Gasteiger partial charge in [0.25, 0.3) is 0 Å². The second-order valence-corrected chi connectivity index (χ2v) is 5.64. The summed E-state index contributed by atoms with van der Waals surface area (Å²) in [7, 11) is 0. The van der Waals surface area contributed by atoms with Crippen LogP contribution in [-0.2, 0) is 11.2 Å². The SMILES string of the molecule is Cc1cccc(C)c1NC(=O)Cc1cc(Br)ccc1F. The van der Waals surface area contributed by atoms with Crippen molar-refractivity contribution in [1.82, 2.24) is 0 Å². The van der Waals surface area contributed by atoms with Gasteiger partial charge in [0, 0.05) is 10.2 Å². The Balaban J connectivity index is 2.15. The number of benzene rings is 2. The lowest BCUT2D eigenvalue weighted by molar-refractivity contribution is -0.115.